The minimum absolute atomic E-state index is 0.0621. The first-order chi connectivity index (χ1) is 16.1. The Kier molecular flexibility index (Phi) is 5.45. The van der Waals surface area contributed by atoms with E-state index in [0.29, 0.717) is 60.7 Å². The van der Waals surface area contributed by atoms with E-state index in [1.807, 2.05) is 18.2 Å². The van der Waals surface area contributed by atoms with Crippen LogP contribution in [-0.4, -0.2) is 64.5 Å². The van der Waals surface area contributed by atoms with E-state index in [1.54, 1.807) is 18.2 Å². The van der Waals surface area contributed by atoms with Crippen molar-refractivity contribution < 1.29 is 19.1 Å². The number of ether oxygens (including phenoxy) is 2. The molecule has 3 aromatic heterocycles. The summed E-state index contributed by atoms with van der Waals surface area (Å²) in [4.78, 5) is 38.4. The van der Waals surface area contributed by atoms with Crippen molar-refractivity contribution in [2.45, 2.75) is 25.4 Å². The number of methoxy groups -OCH3 is 1. The van der Waals surface area contributed by atoms with E-state index in [4.69, 9.17) is 14.5 Å². The van der Waals surface area contributed by atoms with E-state index in [9.17, 15) is 9.59 Å². The summed E-state index contributed by atoms with van der Waals surface area (Å²) in [6, 6.07) is 5.55. The van der Waals surface area contributed by atoms with Gasteiger partial charge in [-0.1, -0.05) is 6.58 Å². The lowest BCUT2D eigenvalue weighted by Gasteiger charge is -2.31. The smallest absolute Gasteiger partial charge is 0.258 e. The number of piperidine rings is 1. The quantitative estimate of drug-likeness (QED) is 0.582. The van der Waals surface area contributed by atoms with Crippen molar-refractivity contribution in [3.63, 3.8) is 0 Å². The number of hydrogen-bond acceptors (Lipinski definition) is 6. The third-order valence-corrected chi connectivity index (χ3v) is 6.17. The predicted octanol–water partition coefficient (Wildman–Crippen LogP) is 2.48. The van der Waals surface area contributed by atoms with Gasteiger partial charge in [0, 0.05) is 68.1 Å². The molecule has 33 heavy (non-hydrogen) atoms. The SMILES string of the molecule is C=CC(=O)N1CCC(Oc2nc3c(-c4cc5c([nH]4)CCNC5=O)ccnc3cc2OC)CC1. The van der Waals surface area contributed by atoms with Crippen LogP contribution in [0.25, 0.3) is 22.3 Å². The molecule has 9 heteroatoms. The topological polar surface area (TPSA) is 109 Å². The van der Waals surface area contributed by atoms with Crippen LogP contribution in [0.3, 0.4) is 0 Å². The zero-order valence-corrected chi connectivity index (χ0v) is 18.4. The summed E-state index contributed by atoms with van der Waals surface area (Å²) in [5.74, 6) is 0.758. The van der Waals surface area contributed by atoms with Gasteiger partial charge in [0.2, 0.25) is 5.91 Å². The van der Waals surface area contributed by atoms with Crippen molar-refractivity contribution in [1.82, 2.24) is 25.2 Å². The first kappa shape index (κ1) is 21.0. The van der Waals surface area contributed by atoms with Crippen molar-refractivity contribution >= 4 is 22.8 Å². The molecule has 0 bridgehead atoms. The average Bonchev–Trinajstić information content (AvgIpc) is 3.29. The fourth-order valence-corrected chi connectivity index (χ4v) is 4.40. The van der Waals surface area contributed by atoms with Gasteiger partial charge in [-0.3, -0.25) is 14.6 Å². The Morgan fingerprint density at radius 2 is 2.09 bits per heavy atom. The number of carbonyl (C=O) groups excluding carboxylic acids is 2. The van der Waals surface area contributed by atoms with Gasteiger partial charge in [0.1, 0.15) is 11.6 Å². The molecule has 0 unspecified atom stereocenters. The van der Waals surface area contributed by atoms with Crippen LogP contribution < -0.4 is 14.8 Å². The average molecular weight is 447 g/mol. The van der Waals surface area contributed by atoms with Crippen molar-refractivity contribution in [2.75, 3.05) is 26.7 Å². The zero-order chi connectivity index (χ0) is 22.9. The van der Waals surface area contributed by atoms with Crippen LogP contribution in [0.4, 0.5) is 0 Å². The van der Waals surface area contributed by atoms with Gasteiger partial charge in [-0.05, 0) is 18.2 Å². The van der Waals surface area contributed by atoms with Crippen LogP contribution in [0, 0.1) is 0 Å². The second-order valence-electron chi connectivity index (χ2n) is 8.15. The Balaban J connectivity index is 1.47. The highest BCUT2D eigenvalue weighted by atomic mass is 16.5. The monoisotopic (exact) mass is 447 g/mol. The fraction of sp³-hybridized carbons (Fsp3) is 0.333. The Hall–Kier alpha value is -3.88. The molecule has 170 valence electrons. The van der Waals surface area contributed by atoms with Gasteiger partial charge in [0.15, 0.2) is 5.75 Å². The lowest BCUT2D eigenvalue weighted by molar-refractivity contribution is -0.127. The number of nitrogens with zero attached hydrogens (tertiary/aromatic N) is 3. The number of fused-ring (bicyclic) bond motifs is 2. The molecule has 2 aliphatic rings. The summed E-state index contributed by atoms with van der Waals surface area (Å²) < 4.78 is 11.8. The summed E-state index contributed by atoms with van der Waals surface area (Å²) in [6.07, 6.45) is 5.12. The highest BCUT2D eigenvalue weighted by Crippen LogP contribution is 2.35. The van der Waals surface area contributed by atoms with Crippen LogP contribution in [0.2, 0.25) is 0 Å². The summed E-state index contributed by atoms with van der Waals surface area (Å²) in [6.45, 7) is 5.38. The molecule has 0 atom stereocenters. The van der Waals surface area contributed by atoms with Gasteiger partial charge in [-0.15, -0.1) is 0 Å². The van der Waals surface area contributed by atoms with Crippen LogP contribution in [0.1, 0.15) is 28.9 Å². The van der Waals surface area contributed by atoms with E-state index >= 15 is 0 Å². The van der Waals surface area contributed by atoms with Crippen molar-refractivity contribution in [2.24, 2.45) is 0 Å². The van der Waals surface area contributed by atoms with Gasteiger partial charge in [-0.25, -0.2) is 4.98 Å². The Morgan fingerprint density at radius 1 is 1.27 bits per heavy atom. The first-order valence-electron chi connectivity index (χ1n) is 11.0. The van der Waals surface area contributed by atoms with Gasteiger partial charge in [0.25, 0.3) is 11.8 Å². The number of carbonyl (C=O) groups is 2. The summed E-state index contributed by atoms with van der Waals surface area (Å²) in [5.41, 5.74) is 4.55. The maximum atomic E-state index is 12.2. The van der Waals surface area contributed by atoms with Crippen LogP contribution in [0.15, 0.2) is 37.1 Å². The molecule has 0 spiro atoms. The largest absolute Gasteiger partial charge is 0.491 e. The van der Waals surface area contributed by atoms with E-state index in [-0.39, 0.29) is 17.9 Å². The number of aromatic nitrogens is 3. The van der Waals surface area contributed by atoms with Gasteiger partial charge in [0.05, 0.1) is 18.2 Å². The molecule has 0 radical (unpaired) electrons. The summed E-state index contributed by atoms with van der Waals surface area (Å²) >= 11 is 0. The molecule has 2 aliphatic heterocycles. The second kappa shape index (κ2) is 8.57. The predicted molar refractivity (Wildman–Crippen MR) is 122 cm³/mol. The maximum Gasteiger partial charge on any atom is 0.258 e. The highest BCUT2D eigenvalue weighted by Gasteiger charge is 2.25. The number of nitrogens with one attached hydrogen (secondary N) is 2. The number of likely N-dealkylation sites (tertiary alicyclic amines) is 1. The molecule has 1 saturated heterocycles. The molecular formula is C24H25N5O4. The Bertz CT molecular complexity index is 1240. The highest BCUT2D eigenvalue weighted by molar-refractivity contribution is 5.99. The third-order valence-electron chi connectivity index (χ3n) is 6.17. The van der Waals surface area contributed by atoms with Crippen LogP contribution >= 0.6 is 0 Å². The standard InChI is InChI=1S/C24H25N5O4/c1-3-21(30)29-10-6-14(7-11-29)33-24-20(32-2)13-19-22(28-24)15(4-8-25-19)18-12-16-17(27-18)5-9-26-23(16)31/h3-4,8,12-14,27H,1,5-7,9-11H2,2H3,(H,26,31). The first-order valence-corrected chi connectivity index (χ1v) is 11.0. The van der Waals surface area contributed by atoms with E-state index in [2.05, 4.69) is 21.9 Å². The van der Waals surface area contributed by atoms with Gasteiger partial charge >= 0.3 is 0 Å². The Labute approximate surface area is 190 Å². The molecule has 2 amide bonds. The minimum atomic E-state index is -0.0839. The molecule has 1 fully saturated rings. The lowest BCUT2D eigenvalue weighted by atomic mass is 10.1. The molecule has 9 nitrogen and oxygen atoms in total. The molecule has 2 N–H and O–H groups in total. The number of aromatic amines is 1. The van der Waals surface area contributed by atoms with Crippen molar-refractivity contribution in [3.05, 3.63) is 48.3 Å². The summed E-state index contributed by atoms with van der Waals surface area (Å²) in [5, 5.41) is 2.87. The lowest BCUT2D eigenvalue weighted by Crippen LogP contribution is -2.41. The van der Waals surface area contributed by atoms with Crippen LogP contribution in [-0.2, 0) is 11.2 Å². The number of pyridine rings is 2. The normalized spacial score (nSPS) is 16.3. The Morgan fingerprint density at radius 3 is 2.82 bits per heavy atom. The number of amides is 2. The molecule has 0 aliphatic carbocycles. The van der Waals surface area contributed by atoms with Crippen LogP contribution in [0.5, 0.6) is 11.6 Å². The molecule has 3 aromatic rings. The summed E-state index contributed by atoms with van der Waals surface area (Å²) in [7, 11) is 1.57. The second-order valence-corrected chi connectivity index (χ2v) is 8.15. The van der Waals surface area contributed by atoms with Crippen molar-refractivity contribution in [1.29, 1.82) is 0 Å². The van der Waals surface area contributed by atoms with E-state index < -0.39 is 0 Å². The molecule has 0 aromatic carbocycles. The number of H-pyrrole nitrogens is 1. The van der Waals surface area contributed by atoms with Gasteiger partial charge in [-0.2, -0.15) is 0 Å². The van der Waals surface area contributed by atoms with Gasteiger partial charge < -0.3 is 24.7 Å². The molecule has 5 rings (SSSR count). The minimum Gasteiger partial charge on any atom is -0.491 e. The number of rotatable bonds is 5. The molecule has 0 saturated carbocycles. The molecular weight excluding hydrogens is 422 g/mol. The fourth-order valence-electron chi connectivity index (χ4n) is 4.40. The van der Waals surface area contributed by atoms with E-state index in [1.165, 1.54) is 6.08 Å². The van der Waals surface area contributed by atoms with E-state index in [0.717, 1.165) is 23.4 Å². The maximum absolute atomic E-state index is 12.2. The van der Waals surface area contributed by atoms with Crippen molar-refractivity contribution in [3.8, 4) is 22.9 Å². The third kappa shape index (κ3) is 3.90. The zero-order valence-electron chi connectivity index (χ0n) is 18.4. The molecule has 5 heterocycles. The number of hydrogen-bond donors (Lipinski definition) is 2.